The van der Waals surface area contributed by atoms with Crippen molar-refractivity contribution in [2.45, 2.75) is 64.8 Å². The second kappa shape index (κ2) is 37.5. The molecule has 15 aromatic rings. The summed E-state index contributed by atoms with van der Waals surface area (Å²) in [6, 6.07) is 63.9. The van der Waals surface area contributed by atoms with E-state index in [1.807, 2.05) is 229 Å². The Morgan fingerprint density at radius 1 is 0.323 bits per heavy atom. The van der Waals surface area contributed by atoms with Crippen LogP contribution in [0.25, 0.3) is 28.4 Å². The Morgan fingerprint density at radius 3 is 0.925 bits per heavy atom. The molecule has 0 radical (unpaired) electrons. The lowest BCUT2D eigenvalue weighted by molar-refractivity contribution is 0.0986. The van der Waals surface area contributed by atoms with Crippen molar-refractivity contribution in [2.24, 2.45) is 53.6 Å². The molecule has 133 heavy (non-hydrogen) atoms. The number of fused-ring (bicyclic) bond motifs is 15. The van der Waals surface area contributed by atoms with Gasteiger partial charge in [0.1, 0.15) is 37.5 Å². The smallest absolute Gasteiger partial charge is 0.269 e. The number of imidazole rings is 5. The zero-order valence-electron chi connectivity index (χ0n) is 71.7. The molecular formula is C104H76ClFIN21O5. The Balaban J connectivity index is 0.000000121. The third kappa shape index (κ3) is 17.1. The van der Waals surface area contributed by atoms with Crippen molar-refractivity contribution in [1.82, 2.24) is 52.7 Å². The van der Waals surface area contributed by atoms with E-state index in [9.17, 15) is 28.4 Å². The van der Waals surface area contributed by atoms with Crippen LogP contribution in [0.15, 0.2) is 275 Å². The van der Waals surface area contributed by atoms with Gasteiger partial charge in [-0.2, -0.15) is 0 Å². The van der Waals surface area contributed by atoms with Crippen molar-refractivity contribution in [1.29, 1.82) is 0 Å². The second-order valence-electron chi connectivity index (χ2n) is 30.7. The molecule has 5 atom stereocenters. The van der Waals surface area contributed by atoms with E-state index in [0.717, 1.165) is 105 Å². The molecule has 0 unspecified atom stereocenters. The number of aliphatic imine (C=N–C) groups is 5. The number of amides is 5. The van der Waals surface area contributed by atoms with Gasteiger partial charge in [0.15, 0.2) is 28.5 Å². The van der Waals surface area contributed by atoms with E-state index in [2.05, 4.69) is 82.1 Å². The molecule has 0 fully saturated rings. The van der Waals surface area contributed by atoms with Crippen LogP contribution in [0.1, 0.15) is 229 Å². The van der Waals surface area contributed by atoms with Crippen molar-refractivity contribution in [2.75, 3.05) is 0 Å². The van der Waals surface area contributed by atoms with Gasteiger partial charge in [0.05, 0.1) is 121 Å². The summed E-state index contributed by atoms with van der Waals surface area (Å²) < 4.78 is 24.8. The molecule has 0 bridgehead atoms. The van der Waals surface area contributed by atoms with Crippen LogP contribution in [0.5, 0.6) is 0 Å². The lowest BCUT2D eigenvalue weighted by Gasteiger charge is -2.13. The van der Waals surface area contributed by atoms with Crippen molar-refractivity contribution < 1.29 is 28.4 Å². The van der Waals surface area contributed by atoms with E-state index in [1.165, 1.54) is 12.4 Å². The molecule has 648 valence electrons. The Kier molecular flexibility index (Phi) is 25.1. The summed E-state index contributed by atoms with van der Waals surface area (Å²) in [7, 11) is 0. The van der Waals surface area contributed by atoms with Gasteiger partial charge in [-0.3, -0.25) is 76.8 Å². The average Bonchev–Trinajstić information content (AvgIpc) is 1.63. The zero-order chi connectivity index (χ0) is 93.9. The fourth-order valence-corrected chi connectivity index (χ4v) is 17.4. The number of benzene rings is 9. The number of pyridine rings is 1. The summed E-state index contributed by atoms with van der Waals surface area (Å²) >= 11 is 8.75. The van der Waals surface area contributed by atoms with E-state index in [4.69, 9.17) is 97.3 Å². The van der Waals surface area contributed by atoms with Gasteiger partial charge in [-0.1, -0.05) is 126 Å². The first kappa shape index (κ1) is 89.0. The monoisotopic (exact) mass is 1880 g/mol. The maximum Gasteiger partial charge on any atom is 0.269 e. The van der Waals surface area contributed by atoms with Gasteiger partial charge in [-0.25, -0.2) is 29.3 Å². The van der Waals surface area contributed by atoms with E-state index in [-0.39, 0.29) is 58.5 Å². The van der Waals surface area contributed by atoms with E-state index >= 15 is 0 Å². The van der Waals surface area contributed by atoms with Crippen LogP contribution in [0.4, 0.5) is 4.39 Å². The third-order valence-electron chi connectivity index (χ3n) is 22.5. The SMILES string of the molecule is C#Cc1ccc2c(c1)C(c1ccccc1)=N[C@H](C)c1c(C(N)=O)ncn1-2.C#Cc1ccc2c(c1)C(c1ccccc1Cl)=N[C@H](C)c1c(C(N)=O)ncn1-2.C#Cc1ccc2c(c1)C(c1ccccc1F)=N[C@H](C)c1c(C(N)=O)ncn1-2.C#Cc1ccc2c(c1)C(c1ccccc1I)=N[C@H](C)c1c(C(N)=O)ncn1-2.C#Cc1ccc2c(c1)C(c1ccccn1)=N[C@H](C)c1c(C(N)=O)ncn1-2. The standard InChI is InChI=1S/C21H15ClN4O.C21H15FN4O.C21H15IN4O.C21H16N4O.C20H15N5O/c3*1-3-13-8-9-17-15(10-13)18(14-6-4-5-7-16(14)22)25-12(2)20-19(21(23)27)24-11-26(17)20;1-3-14-9-10-17-16(11-14)18(15-7-5-4-6-8-15)24-13(2)20-19(21(22)26)23-12-25(17)20;1-3-13-7-8-16-14(10-13)17(15-6-4-5-9-22-15)24-12(2)19-18(20(21)26)23-11-25(16)19/h3*1,4-12H,2H3,(H2,23,27);1,4-13H,2H3,(H2,22,26);1,4-12H,2H3,(H2,21,26)/t3*12-;13-;12-/m11111/s1. The average molecular weight is 1880 g/mol. The number of terminal acetylenes is 5. The number of carbonyl (C=O) groups is 5. The molecule has 6 aromatic heterocycles. The van der Waals surface area contributed by atoms with E-state index in [0.29, 0.717) is 73.0 Å². The van der Waals surface area contributed by atoms with Crippen molar-refractivity contribution >= 4 is 92.3 Å². The molecule has 29 heteroatoms. The summed E-state index contributed by atoms with van der Waals surface area (Å²) in [5.74, 6) is 9.94. The molecule has 5 amide bonds. The molecule has 20 rings (SSSR count). The Hall–Kier alpha value is -17.4. The van der Waals surface area contributed by atoms with Crippen LogP contribution >= 0.6 is 34.2 Å². The Bertz CT molecular complexity index is 7130. The molecule has 0 saturated carbocycles. The Morgan fingerprint density at radius 2 is 0.602 bits per heavy atom. The first-order valence-electron chi connectivity index (χ1n) is 41.3. The topological polar surface area (TPSA) is 379 Å². The third-order valence-corrected chi connectivity index (χ3v) is 23.8. The van der Waals surface area contributed by atoms with E-state index in [1.54, 1.807) is 66.4 Å². The number of hydrogen-bond donors (Lipinski definition) is 5. The molecular weight excluding hydrogens is 1800 g/mol. The van der Waals surface area contributed by atoms with Gasteiger partial charge >= 0.3 is 0 Å². The van der Waals surface area contributed by atoms with Gasteiger partial charge in [-0.15, -0.1) is 32.1 Å². The predicted octanol–water partition coefficient (Wildman–Crippen LogP) is 15.1. The molecule has 9 aromatic carbocycles. The van der Waals surface area contributed by atoms with Gasteiger partial charge < -0.3 is 28.7 Å². The molecule has 0 aliphatic carbocycles. The summed E-state index contributed by atoms with van der Waals surface area (Å²) in [6.07, 6.45) is 37.6. The molecule has 26 nitrogen and oxygen atoms in total. The van der Waals surface area contributed by atoms with Crippen LogP contribution in [0.2, 0.25) is 5.02 Å². The molecule has 0 saturated heterocycles. The Labute approximate surface area is 781 Å². The number of carbonyl (C=O) groups excluding carboxylic acids is 5. The lowest BCUT2D eigenvalue weighted by atomic mass is 9.98. The highest BCUT2D eigenvalue weighted by Gasteiger charge is 2.36. The van der Waals surface area contributed by atoms with Crippen molar-refractivity contribution in [3.05, 3.63) is 405 Å². The highest BCUT2D eigenvalue weighted by Crippen LogP contribution is 2.41. The minimum Gasteiger partial charge on any atom is -0.364 e. The predicted molar refractivity (Wildman–Crippen MR) is 518 cm³/mol. The second-order valence-corrected chi connectivity index (χ2v) is 32.3. The maximum absolute atomic E-state index is 14.6. The first-order valence-corrected chi connectivity index (χ1v) is 42.7. The fourth-order valence-electron chi connectivity index (χ4n) is 16.6. The zero-order valence-corrected chi connectivity index (χ0v) is 74.6. The molecule has 10 N–H and O–H groups in total. The van der Waals surface area contributed by atoms with Crippen LogP contribution in [0.3, 0.4) is 0 Å². The number of nitrogens with two attached hydrogens (primary N) is 5. The molecule has 11 heterocycles. The largest absolute Gasteiger partial charge is 0.364 e. The number of aromatic nitrogens is 11. The van der Waals surface area contributed by atoms with Crippen molar-refractivity contribution in [3.63, 3.8) is 0 Å². The number of primary amides is 5. The summed E-state index contributed by atoms with van der Waals surface area (Å²) in [5.41, 5.74) is 51.0. The maximum atomic E-state index is 14.6. The van der Waals surface area contributed by atoms with Crippen LogP contribution < -0.4 is 28.7 Å². The number of hydrogen-bond acceptors (Lipinski definition) is 16. The summed E-state index contributed by atoms with van der Waals surface area (Å²) in [4.78, 5) is 109. The minimum absolute atomic E-state index is 0.146. The van der Waals surface area contributed by atoms with Gasteiger partial charge in [0.2, 0.25) is 0 Å². The molecule has 5 aliphatic rings. The summed E-state index contributed by atoms with van der Waals surface area (Å²) in [5, 5.41) is 0.584. The number of rotatable bonds is 10. The van der Waals surface area contributed by atoms with Gasteiger partial charge in [0, 0.05) is 92.7 Å². The molecule has 5 aliphatic heterocycles. The normalized spacial score (nSPS) is 15.2. The van der Waals surface area contributed by atoms with E-state index < -0.39 is 35.6 Å². The first-order chi connectivity index (χ1) is 64.2. The summed E-state index contributed by atoms with van der Waals surface area (Å²) in [6.45, 7) is 9.47. The quantitative estimate of drug-likeness (QED) is 0.0632. The highest BCUT2D eigenvalue weighted by atomic mass is 127. The fraction of sp³-hybridized carbons (Fsp3) is 0.0962. The van der Waals surface area contributed by atoms with Gasteiger partial charge in [0.25, 0.3) is 29.5 Å². The molecule has 0 spiro atoms. The van der Waals surface area contributed by atoms with Crippen molar-refractivity contribution in [3.8, 4) is 90.2 Å². The van der Waals surface area contributed by atoms with Crippen LogP contribution in [-0.4, -0.2) is 111 Å². The van der Waals surface area contributed by atoms with Crippen LogP contribution in [0, 0.1) is 71.1 Å². The number of halogens is 3. The lowest BCUT2D eigenvalue weighted by Crippen LogP contribution is -2.15. The highest BCUT2D eigenvalue weighted by molar-refractivity contribution is 14.1. The number of nitrogens with zero attached hydrogens (tertiary/aromatic N) is 16. The van der Waals surface area contributed by atoms with Crippen LogP contribution in [-0.2, 0) is 0 Å². The minimum atomic E-state index is -0.637. The van der Waals surface area contributed by atoms with Gasteiger partial charge in [-0.05, 0) is 185 Å².